The Hall–Kier alpha value is -2.63. The second-order valence-electron chi connectivity index (χ2n) is 7.79. The van der Waals surface area contributed by atoms with Gasteiger partial charge in [0.05, 0.1) is 0 Å². The third-order valence-corrected chi connectivity index (χ3v) is 5.51. The van der Waals surface area contributed by atoms with E-state index < -0.39 is 12.1 Å². The van der Waals surface area contributed by atoms with Crippen molar-refractivity contribution in [1.29, 1.82) is 0 Å². The van der Waals surface area contributed by atoms with E-state index in [1.807, 2.05) is 6.07 Å². The maximum Gasteiger partial charge on any atom is 0.490 e. The Morgan fingerprint density at radius 2 is 1.97 bits per heavy atom. The fourth-order valence-corrected chi connectivity index (χ4v) is 3.89. The normalized spacial score (nSPS) is 18.6. The third kappa shape index (κ3) is 8.48. The van der Waals surface area contributed by atoms with Crippen LogP contribution in [0.4, 0.5) is 29.7 Å². The topological polar surface area (TPSA) is 119 Å². The van der Waals surface area contributed by atoms with Crippen molar-refractivity contribution in [2.45, 2.75) is 57.7 Å². The molecule has 1 saturated heterocycles. The minimum absolute atomic E-state index is 0.230. The summed E-state index contributed by atoms with van der Waals surface area (Å²) in [6.07, 6.45) is 3.86. The van der Waals surface area contributed by atoms with Crippen molar-refractivity contribution >= 4 is 23.8 Å². The van der Waals surface area contributed by atoms with Crippen molar-refractivity contribution in [2.24, 2.45) is 5.92 Å². The maximum atomic E-state index is 12.1. The van der Waals surface area contributed by atoms with Crippen LogP contribution >= 0.6 is 0 Å². The van der Waals surface area contributed by atoms with Gasteiger partial charge in [0, 0.05) is 25.3 Å². The quantitative estimate of drug-likeness (QED) is 0.494. The van der Waals surface area contributed by atoms with Gasteiger partial charge in [-0.05, 0) is 57.7 Å². The van der Waals surface area contributed by atoms with Gasteiger partial charge >= 0.3 is 18.2 Å². The Labute approximate surface area is 185 Å². The summed E-state index contributed by atoms with van der Waals surface area (Å²) < 4.78 is 31.7. The number of nitrogens with zero attached hydrogens (tertiary/aromatic N) is 3. The van der Waals surface area contributed by atoms with Gasteiger partial charge in [-0.25, -0.2) is 14.6 Å². The molecule has 1 saturated carbocycles. The average molecular weight is 461 g/mol. The molecule has 9 nitrogen and oxygen atoms in total. The minimum Gasteiger partial charge on any atom is -0.475 e. The number of aromatic nitrogens is 2. The first kappa shape index (κ1) is 25.6. The second-order valence-corrected chi connectivity index (χ2v) is 7.79. The molecule has 0 radical (unpaired) electrons. The van der Waals surface area contributed by atoms with E-state index in [4.69, 9.17) is 9.90 Å². The van der Waals surface area contributed by atoms with Gasteiger partial charge in [0.2, 0.25) is 5.95 Å². The highest BCUT2D eigenvalue weighted by atomic mass is 19.4. The van der Waals surface area contributed by atoms with E-state index in [-0.39, 0.29) is 6.03 Å². The number of carboxylic acid groups (broad SMARTS) is 1. The Balaban J connectivity index is 0.000000451. The standard InChI is InChI=1S/C18H30N6O.C2HF3O2/c1-2-24(15-5-3-4-6-15)16-9-12-20-17(22-16)23-18(25)21-11-8-14-7-10-19-13-14;3-2(4,5)1(6)7/h9,12,14-15,19H,2-8,10-11,13H2,1H3,(H2,20,21,22,23,25);(H,6,7). The summed E-state index contributed by atoms with van der Waals surface area (Å²) in [5.74, 6) is -0.817. The van der Waals surface area contributed by atoms with Crippen molar-refractivity contribution in [3.05, 3.63) is 12.3 Å². The molecule has 2 amide bonds. The molecule has 0 bridgehead atoms. The van der Waals surface area contributed by atoms with E-state index >= 15 is 0 Å². The van der Waals surface area contributed by atoms with E-state index in [0.717, 1.165) is 31.9 Å². The third-order valence-electron chi connectivity index (χ3n) is 5.51. The predicted octanol–water partition coefficient (Wildman–Crippen LogP) is 3.00. The van der Waals surface area contributed by atoms with Crippen molar-refractivity contribution in [1.82, 2.24) is 20.6 Å². The Morgan fingerprint density at radius 1 is 1.28 bits per heavy atom. The number of amides is 2. The maximum absolute atomic E-state index is 12.1. The van der Waals surface area contributed by atoms with Gasteiger partial charge in [-0.1, -0.05) is 12.8 Å². The summed E-state index contributed by atoms with van der Waals surface area (Å²) in [5.41, 5.74) is 0. The van der Waals surface area contributed by atoms with Crippen LogP contribution in [0.5, 0.6) is 0 Å². The number of rotatable bonds is 7. The molecule has 1 unspecified atom stereocenters. The molecule has 1 aromatic rings. The van der Waals surface area contributed by atoms with E-state index in [2.05, 4.69) is 37.7 Å². The summed E-state index contributed by atoms with van der Waals surface area (Å²) in [6.45, 7) is 5.90. The Bertz CT molecular complexity index is 738. The molecule has 180 valence electrons. The lowest BCUT2D eigenvalue weighted by Gasteiger charge is -2.28. The van der Waals surface area contributed by atoms with Crippen LogP contribution in [-0.2, 0) is 4.79 Å². The number of anilines is 2. The highest BCUT2D eigenvalue weighted by Gasteiger charge is 2.38. The highest BCUT2D eigenvalue weighted by Crippen LogP contribution is 2.27. The van der Waals surface area contributed by atoms with Crippen molar-refractivity contribution in [2.75, 3.05) is 36.4 Å². The number of halogens is 3. The van der Waals surface area contributed by atoms with Crippen molar-refractivity contribution < 1.29 is 27.9 Å². The van der Waals surface area contributed by atoms with Gasteiger partial charge in [-0.15, -0.1) is 0 Å². The summed E-state index contributed by atoms with van der Waals surface area (Å²) in [4.78, 5) is 32.0. The first-order valence-electron chi connectivity index (χ1n) is 10.9. The van der Waals surface area contributed by atoms with Crippen molar-refractivity contribution in [3.63, 3.8) is 0 Å². The molecule has 3 rings (SSSR count). The predicted molar refractivity (Wildman–Crippen MR) is 114 cm³/mol. The molecule has 1 aromatic heterocycles. The summed E-state index contributed by atoms with van der Waals surface area (Å²) in [6, 6.07) is 2.26. The zero-order chi connectivity index (χ0) is 23.6. The van der Waals surface area contributed by atoms with Crippen LogP contribution in [0.3, 0.4) is 0 Å². The van der Waals surface area contributed by atoms with Crippen LogP contribution in [0.15, 0.2) is 12.3 Å². The molecule has 2 aliphatic rings. The molecule has 1 aliphatic carbocycles. The molecule has 1 atom stereocenters. The van der Waals surface area contributed by atoms with E-state index in [9.17, 15) is 18.0 Å². The number of aliphatic carboxylic acids is 1. The van der Waals surface area contributed by atoms with Crippen LogP contribution in [0.25, 0.3) is 0 Å². The van der Waals surface area contributed by atoms with Gasteiger partial charge < -0.3 is 20.6 Å². The fourth-order valence-electron chi connectivity index (χ4n) is 3.89. The molecule has 0 spiro atoms. The van der Waals surface area contributed by atoms with Gasteiger partial charge in [0.1, 0.15) is 5.82 Å². The van der Waals surface area contributed by atoms with Gasteiger partial charge in [0.15, 0.2) is 0 Å². The monoisotopic (exact) mass is 460 g/mol. The zero-order valence-corrected chi connectivity index (χ0v) is 18.1. The molecule has 12 heteroatoms. The first-order chi connectivity index (χ1) is 15.2. The van der Waals surface area contributed by atoms with Gasteiger partial charge in [0.25, 0.3) is 0 Å². The molecule has 32 heavy (non-hydrogen) atoms. The molecule has 1 aliphatic heterocycles. The number of alkyl halides is 3. The summed E-state index contributed by atoms with van der Waals surface area (Å²) in [7, 11) is 0. The number of nitrogens with one attached hydrogen (secondary N) is 3. The van der Waals surface area contributed by atoms with Gasteiger partial charge in [-0.3, -0.25) is 5.32 Å². The molecule has 2 fully saturated rings. The molecule has 2 heterocycles. The number of carboxylic acids is 1. The van der Waals surface area contributed by atoms with E-state index in [1.54, 1.807) is 6.20 Å². The van der Waals surface area contributed by atoms with Crippen LogP contribution in [-0.4, -0.2) is 65.5 Å². The fraction of sp³-hybridized carbons (Fsp3) is 0.700. The van der Waals surface area contributed by atoms with Crippen LogP contribution in [0.2, 0.25) is 0 Å². The van der Waals surface area contributed by atoms with Crippen LogP contribution in [0.1, 0.15) is 45.4 Å². The number of hydrogen-bond donors (Lipinski definition) is 4. The molecular weight excluding hydrogens is 429 g/mol. The highest BCUT2D eigenvalue weighted by molar-refractivity contribution is 5.87. The lowest BCUT2D eigenvalue weighted by molar-refractivity contribution is -0.192. The molecular formula is C20H31F3N6O3. The number of carbonyl (C=O) groups is 2. The Kier molecular flexibility index (Phi) is 9.95. The van der Waals surface area contributed by atoms with E-state index in [0.29, 0.717) is 24.5 Å². The largest absolute Gasteiger partial charge is 0.490 e. The first-order valence-corrected chi connectivity index (χ1v) is 10.9. The number of carbonyl (C=O) groups excluding carboxylic acids is 1. The zero-order valence-electron chi connectivity index (χ0n) is 18.1. The lowest BCUT2D eigenvalue weighted by atomic mass is 10.1. The number of urea groups is 1. The minimum atomic E-state index is -5.08. The molecule has 4 N–H and O–H groups in total. The van der Waals surface area contributed by atoms with Crippen molar-refractivity contribution in [3.8, 4) is 0 Å². The van der Waals surface area contributed by atoms with Gasteiger partial charge in [-0.2, -0.15) is 18.2 Å². The lowest BCUT2D eigenvalue weighted by Crippen LogP contribution is -2.34. The number of hydrogen-bond acceptors (Lipinski definition) is 6. The van der Waals surface area contributed by atoms with Crippen LogP contribution in [0, 0.1) is 5.92 Å². The molecule has 0 aromatic carbocycles. The second kappa shape index (κ2) is 12.4. The Morgan fingerprint density at radius 3 is 2.53 bits per heavy atom. The average Bonchev–Trinajstić information content (AvgIpc) is 3.43. The summed E-state index contributed by atoms with van der Waals surface area (Å²) >= 11 is 0. The smallest absolute Gasteiger partial charge is 0.475 e. The SMILES string of the molecule is CCN(c1ccnc(NC(=O)NCCC2CCNC2)n1)C1CCCC1.O=C(O)C(F)(F)F. The summed E-state index contributed by atoms with van der Waals surface area (Å²) in [5, 5.41) is 16.1. The van der Waals surface area contributed by atoms with Crippen LogP contribution < -0.4 is 20.9 Å². The van der Waals surface area contributed by atoms with E-state index in [1.165, 1.54) is 32.1 Å².